The Morgan fingerprint density at radius 1 is 1.08 bits per heavy atom. The van der Waals surface area contributed by atoms with Gasteiger partial charge < -0.3 is 9.72 Å². The van der Waals surface area contributed by atoms with E-state index in [0.717, 1.165) is 42.8 Å². The number of ether oxygens (including phenoxy) is 1. The Balaban J connectivity index is 1.83. The minimum absolute atomic E-state index is 0.0676. The third kappa shape index (κ3) is 3.55. The van der Waals surface area contributed by atoms with Crippen LogP contribution in [0.15, 0.2) is 36.4 Å². The average Bonchev–Trinajstić information content (AvgIpc) is 3.02. The monoisotopic (exact) mass is 330 g/mol. The van der Waals surface area contributed by atoms with Gasteiger partial charge in [0.05, 0.1) is 17.6 Å². The first-order chi connectivity index (χ1) is 11.7. The van der Waals surface area contributed by atoms with Crippen LogP contribution in [0, 0.1) is 11.6 Å². The van der Waals surface area contributed by atoms with Crippen molar-refractivity contribution in [2.24, 2.45) is 0 Å². The Morgan fingerprint density at radius 3 is 2.71 bits per heavy atom. The minimum atomic E-state index is -0.953. The maximum absolute atomic E-state index is 13.9. The zero-order valence-electron chi connectivity index (χ0n) is 13.6. The number of hydrogen-bond acceptors (Lipinski definition) is 2. The van der Waals surface area contributed by atoms with Gasteiger partial charge in [-0.15, -0.1) is 0 Å². The molecule has 2 aromatic carbocycles. The Kier molecular flexibility index (Phi) is 5.08. The summed E-state index contributed by atoms with van der Waals surface area (Å²) in [6.45, 7) is 2.49. The van der Waals surface area contributed by atoms with Crippen LogP contribution in [-0.4, -0.2) is 16.6 Å². The van der Waals surface area contributed by atoms with Gasteiger partial charge in [0.15, 0.2) is 11.6 Å². The van der Waals surface area contributed by atoms with Crippen molar-refractivity contribution >= 4 is 11.0 Å². The van der Waals surface area contributed by atoms with Crippen molar-refractivity contribution in [3.8, 4) is 17.1 Å². The van der Waals surface area contributed by atoms with E-state index >= 15 is 0 Å². The summed E-state index contributed by atoms with van der Waals surface area (Å²) in [4.78, 5) is 7.53. The van der Waals surface area contributed by atoms with Gasteiger partial charge >= 0.3 is 0 Å². The number of rotatable bonds is 7. The maximum Gasteiger partial charge on any atom is 0.200 e. The number of fused-ring (bicyclic) bond motifs is 1. The highest BCUT2D eigenvalue weighted by Crippen LogP contribution is 2.29. The van der Waals surface area contributed by atoms with E-state index in [1.54, 1.807) is 0 Å². The van der Waals surface area contributed by atoms with Gasteiger partial charge in [-0.1, -0.05) is 38.3 Å². The summed E-state index contributed by atoms with van der Waals surface area (Å²) in [5.41, 5.74) is 2.09. The molecule has 0 atom stereocenters. The first-order valence-electron chi connectivity index (χ1n) is 8.26. The molecule has 5 heteroatoms. The van der Waals surface area contributed by atoms with Gasteiger partial charge in [-0.2, -0.15) is 4.39 Å². The van der Waals surface area contributed by atoms with Crippen LogP contribution >= 0.6 is 0 Å². The lowest BCUT2D eigenvalue weighted by molar-refractivity contribution is 0.285. The highest BCUT2D eigenvalue weighted by molar-refractivity contribution is 5.79. The van der Waals surface area contributed by atoms with Crippen molar-refractivity contribution in [2.45, 2.75) is 32.6 Å². The summed E-state index contributed by atoms with van der Waals surface area (Å²) in [6.07, 6.45) is 4.07. The summed E-state index contributed by atoms with van der Waals surface area (Å²) < 4.78 is 33.3. The summed E-state index contributed by atoms with van der Waals surface area (Å²) in [7, 11) is 0. The van der Waals surface area contributed by atoms with Crippen molar-refractivity contribution in [3.05, 3.63) is 48.0 Å². The second kappa shape index (κ2) is 7.43. The normalized spacial score (nSPS) is 11.1. The lowest BCUT2D eigenvalue weighted by Crippen LogP contribution is -2.01. The van der Waals surface area contributed by atoms with Gasteiger partial charge in [0.1, 0.15) is 5.82 Å². The quantitative estimate of drug-likeness (QED) is 0.584. The molecule has 3 rings (SSSR count). The van der Waals surface area contributed by atoms with Crippen LogP contribution in [0.5, 0.6) is 5.75 Å². The molecule has 0 saturated heterocycles. The molecule has 0 aliphatic carbocycles. The van der Waals surface area contributed by atoms with Crippen LogP contribution in [-0.2, 0) is 0 Å². The fourth-order valence-electron chi connectivity index (χ4n) is 2.61. The number of para-hydroxylation sites is 2. The zero-order chi connectivity index (χ0) is 16.9. The molecule has 0 saturated carbocycles. The van der Waals surface area contributed by atoms with E-state index < -0.39 is 11.6 Å². The van der Waals surface area contributed by atoms with Crippen molar-refractivity contribution in [1.82, 2.24) is 9.97 Å². The van der Waals surface area contributed by atoms with Gasteiger partial charge in [-0.25, -0.2) is 9.37 Å². The van der Waals surface area contributed by atoms with Crippen molar-refractivity contribution in [2.75, 3.05) is 6.61 Å². The molecule has 0 bridgehead atoms. The highest BCUT2D eigenvalue weighted by Gasteiger charge is 2.15. The molecule has 3 nitrogen and oxygen atoms in total. The lowest BCUT2D eigenvalue weighted by Gasteiger charge is -2.09. The van der Waals surface area contributed by atoms with Crippen molar-refractivity contribution in [3.63, 3.8) is 0 Å². The molecule has 0 radical (unpaired) electrons. The van der Waals surface area contributed by atoms with Gasteiger partial charge in [0, 0.05) is 5.56 Å². The van der Waals surface area contributed by atoms with Crippen LogP contribution in [0.4, 0.5) is 8.78 Å². The number of unbranched alkanes of at least 4 members (excludes halogenated alkanes) is 3. The number of halogens is 2. The first-order valence-corrected chi connectivity index (χ1v) is 8.26. The topological polar surface area (TPSA) is 37.9 Å². The molecule has 0 aliphatic heterocycles. The molecule has 0 amide bonds. The standard InChI is InChI=1S/C19H20F2N2O/c1-2-3-4-7-10-24-17-12-13(11-14(20)18(17)21)19-22-15-8-5-6-9-16(15)23-19/h5-6,8-9,11-12H,2-4,7,10H2,1H3,(H,22,23). The number of imidazole rings is 1. The SMILES string of the molecule is CCCCCCOc1cc(-c2nc3ccccc3[nH]2)cc(F)c1F. The predicted molar refractivity (Wildman–Crippen MR) is 91.1 cm³/mol. The van der Waals surface area contributed by atoms with E-state index in [9.17, 15) is 8.78 Å². The number of aromatic nitrogens is 2. The molecule has 1 heterocycles. The van der Waals surface area contributed by atoms with Crippen LogP contribution in [0.3, 0.4) is 0 Å². The number of nitrogens with zero attached hydrogens (tertiary/aromatic N) is 1. The van der Waals surface area contributed by atoms with E-state index in [0.29, 0.717) is 18.0 Å². The Labute approximate surface area is 139 Å². The van der Waals surface area contributed by atoms with E-state index in [2.05, 4.69) is 16.9 Å². The Morgan fingerprint density at radius 2 is 1.92 bits per heavy atom. The fraction of sp³-hybridized carbons (Fsp3) is 0.316. The third-order valence-electron chi connectivity index (χ3n) is 3.91. The molecule has 0 aliphatic rings. The Hall–Kier alpha value is -2.43. The Bertz CT molecular complexity index is 796. The molecule has 0 unspecified atom stereocenters. The summed E-state index contributed by atoms with van der Waals surface area (Å²) in [5, 5.41) is 0. The number of hydrogen-bond donors (Lipinski definition) is 1. The number of aromatic amines is 1. The molecule has 3 aromatic rings. The van der Waals surface area contributed by atoms with Crippen LogP contribution < -0.4 is 4.74 Å². The minimum Gasteiger partial charge on any atom is -0.490 e. The first kappa shape index (κ1) is 16.4. The summed E-state index contributed by atoms with van der Waals surface area (Å²) in [6, 6.07) is 10.1. The molecule has 0 fully saturated rings. The van der Waals surface area contributed by atoms with E-state index in [4.69, 9.17) is 4.74 Å². The van der Waals surface area contributed by atoms with E-state index in [1.807, 2.05) is 24.3 Å². The summed E-state index contributed by atoms with van der Waals surface area (Å²) >= 11 is 0. The van der Waals surface area contributed by atoms with E-state index in [-0.39, 0.29) is 5.75 Å². The third-order valence-corrected chi connectivity index (χ3v) is 3.91. The summed E-state index contributed by atoms with van der Waals surface area (Å²) in [5.74, 6) is -1.46. The molecule has 1 N–H and O–H groups in total. The van der Waals surface area contributed by atoms with Crippen LogP contribution in [0.2, 0.25) is 0 Å². The van der Waals surface area contributed by atoms with Crippen LogP contribution in [0.25, 0.3) is 22.4 Å². The largest absolute Gasteiger partial charge is 0.490 e. The molecular weight excluding hydrogens is 310 g/mol. The molecular formula is C19H20F2N2O. The van der Waals surface area contributed by atoms with Crippen LogP contribution in [0.1, 0.15) is 32.6 Å². The smallest absolute Gasteiger partial charge is 0.200 e. The second-order valence-electron chi connectivity index (χ2n) is 5.78. The number of H-pyrrole nitrogens is 1. The van der Waals surface area contributed by atoms with Gasteiger partial charge in [0.25, 0.3) is 0 Å². The van der Waals surface area contributed by atoms with Gasteiger partial charge in [0.2, 0.25) is 5.82 Å². The number of nitrogens with one attached hydrogen (secondary N) is 1. The molecule has 1 aromatic heterocycles. The molecule has 126 valence electrons. The van der Waals surface area contributed by atoms with Gasteiger partial charge in [-0.3, -0.25) is 0 Å². The molecule has 24 heavy (non-hydrogen) atoms. The van der Waals surface area contributed by atoms with E-state index in [1.165, 1.54) is 6.07 Å². The lowest BCUT2D eigenvalue weighted by atomic mass is 10.2. The average molecular weight is 330 g/mol. The van der Waals surface area contributed by atoms with Crippen molar-refractivity contribution in [1.29, 1.82) is 0 Å². The van der Waals surface area contributed by atoms with Gasteiger partial charge in [-0.05, 0) is 30.7 Å². The molecule has 0 spiro atoms. The fourth-order valence-corrected chi connectivity index (χ4v) is 2.61. The second-order valence-corrected chi connectivity index (χ2v) is 5.78. The predicted octanol–water partition coefficient (Wildman–Crippen LogP) is 5.47. The van der Waals surface area contributed by atoms with Crippen molar-refractivity contribution < 1.29 is 13.5 Å². The zero-order valence-corrected chi connectivity index (χ0v) is 13.6. The highest BCUT2D eigenvalue weighted by atomic mass is 19.2. The maximum atomic E-state index is 13.9. The number of benzene rings is 2.